The Kier molecular flexibility index (Phi) is 4.04. The SMILES string of the molecule is Cc1ccc2[nH]c(C3CCN(C(=O)c4cccc(F)c4)CC3)cc2c1. The molecular formula is C21H21FN2O. The Bertz CT molecular complexity index is 923. The van der Waals surface area contributed by atoms with E-state index in [0.29, 0.717) is 24.6 Å². The Morgan fingerprint density at radius 3 is 2.68 bits per heavy atom. The molecule has 1 saturated heterocycles. The predicted octanol–water partition coefficient (Wildman–Crippen LogP) is 4.64. The summed E-state index contributed by atoms with van der Waals surface area (Å²) in [5.74, 6) is -0.0106. The van der Waals surface area contributed by atoms with Crippen molar-refractivity contribution in [2.75, 3.05) is 13.1 Å². The van der Waals surface area contributed by atoms with Gasteiger partial charge in [-0.25, -0.2) is 4.39 Å². The molecule has 0 unspecified atom stereocenters. The highest BCUT2D eigenvalue weighted by Gasteiger charge is 2.25. The number of carbonyl (C=O) groups excluding carboxylic acids is 1. The van der Waals surface area contributed by atoms with Crippen LogP contribution in [0.2, 0.25) is 0 Å². The lowest BCUT2D eigenvalue weighted by Crippen LogP contribution is -2.38. The number of carbonyl (C=O) groups is 1. The Morgan fingerprint density at radius 2 is 1.92 bits per heavy atom. The molecule has 2 heterocycles. The molecule has 4 heteroatoms. The fourth-order valence-electron chi connectivity index (χ4n) is 3.69. The fraction of sp³-hybridized carbons (Fsp3) is 0.286. The van der Waals surface area contributed by atoms with Gasteiger partial charge in [-0.3, -0.25) is 4.79 Å². The molecule has 1 aromatic heterocycles. The van der Waals surface area contributed by atoms with Crippen LogP contribution < -0.4 is 0 Å². The van der Waals surface area contributed by atoms with Crippen LogP contribution in [0.5, 0.6) is 0 Å². The number of piperidine rings is 1. The summed E-state index contributed by atoms with van der Waals surface area (Å²) in [4.78, 5) is 17.9. The van der Waals surface area contributed by atoms with E-state index in [-0.39, 0.29) is 11.7 Å². The topological polar surface area (TPSA) is 36.1 Å². The highest BCUT2D eigenvalue weighted by atomic mass is 19.1. The maximum absolute atomic E-state index is 13.3. The van der Waals surface area contributed by atoms with Gasteiger partial charge in [0.2, 0.25) is 0 Å². The highest BCUT2D eigenvalue weighted by molar-refractivity contribution is 5.94. The van der Waals surface area contributed by atoms with Crippen molar-refractivity contribution >= 4 is 16.8 Å². The zero-order valence-electron chi connectivity index (χ0n) is 14.3. The summed E-state index contributed by atoms with van der Waals surface area (Å²) in [5.41, 5.74) is 4.10. The first kappa shape index (κ1) is 15.9. The number of benzene rings is 2. The molecule has 0 spiro atoms. The van der Waals surface area contributed by atoms with Gasteiger partial charge in [0.15, 0.2) is 0 Å². The number of nitrogens with zero attached hydrogens (tertiary/aromatic N) is 1. The van der Waals surface area contributed by atoms with Crippen LogP contribution in [-0.4, -0.2) is 28.9 Å². The molecule has 1 N–H and O–H groups in total. The Morgan fingerprint density at radius 1 is 1.12 bits per heavy atom. The van der Waals surface area contributed by atoms with E-state index in [4.69, 9.17) is 0 Å². The molecule has 128 valence electrons. The van der Waals surface area contributed by atoms with Crippen LogP contribution in [0.15, 0.2) is 48.5 Å². The van der Waals surface area contributed by atoms with Crippen LogP contribution in [0.1, 0.15) is 40.4 Å². The van der Waals surface area contributed by atoms with Crippen LogP contribution >= 0.6 is 0 Å². The second-order valence-electron chi connectivity index (χ2n) is 6.89. The molecule has 0 atom stereocenters. The van der Waals surface area contributed by atoms with Crippen molar-refractivity contribution in [1.82, 2.24) is 9.88 Å². The number of likely N-dealkylation sites (tertiary alicyclic amines) is 1. The van der Waals surface area contributed by atoms with Crippen molar-refractivity contribution < 1.29 is 9.18 Å². The molecule has 3 nitrogen and oxygen atoms in total. The molecule has 4 rings (SSSR count). The lowest BCUT2D eigenvalue weighted by Gasteiger charge is -2.31. The first-order valence-electron chi connectivity index (χ1n) is 8.74. The molecule has 1 amide bonds. The normalized spacial score (nSPS) is 15.7. The third-order valence-electron chi connectivity index (χ3n) is 5.09. The summed E-state index contributed by atoms with van der Waals surface area (Å²) >= 11 is 0. The van der Waals surface area contributed by atoms with Crippen LogP contribution in [-0.2, 0) is 0 Å². The number of fused-ring (bicyclic) bond motifs is 1. The smallest absolute Gasteiger partial charge is 0.253 e. The average Bonchev–Trinajstić information content (AvgIpc) is 3.04. The van der Waals surface area contributed by atoms with E-state index in [9.17, 15) is 9.18 Å². The maximum atomic E-state index is 13.3. The fourth-order valence-corrected chi connectivity index (χ4v) is 3.69. The zero-order chi connectivity index (χ0) is 17.4. The van der Waals surface area contributed by atoms with Gasteiger partial charge in [0.25, 0.3) is 5.91 Å². The van der Waals surface area contributed by atoms with E-state index >= 15 is 0 Å². The summed E-state index contributed by atoms with van der Waals surface area (Å²) in [6.45, 7) is 3.51. The zero-order valence-corrected chi connectivity index (χ0v) is 14.3. The molecular weight excluding hydrogens is 315 g/mol. The number of H-pyrrole nitrogens is 1. The van der Waals surface area contributed by atoms with Crippen molar-refractivity contribution in [2.24, 2.45) is 0 Å². The van der Waals surface area contributed by atoms with Gasteiger partial charge in [-0.15, -0.1) is 0 Å². The summed E-state index contributed by atoms with van der Waals surface area (Å²) in [7, 11) is 0. The van der Waals surface area contributed by atoms with Gasteiger partial charge in [-0.2, -0.15) is 0 Å². The van der Waals surface area contributed by atoms with Gasteiger partial charge in [-0.05, 0) is 61.5 Å². The third kappa shape index (κ3) is 3.16. The van der Waals surface area contributed by atoms with Gasteiger partial charge in [0.1, 0.15) is 5.82 Å². The van der Waals surface area contributed by atoms with Crippen molar-refractivity contribution in [3.8, 4) is 0 Å². The largest absolute Gasteiger partial charge is 0.358 e. The molecule has 0 aliphatic carbocycles. The number of aryl methyl sites for hydroxylation is 1. The van der Waals surface area contributed by atoms with E-state index in [1.54, 1.807) is 12.1 Å². The average molecular weight is 336 g/mol. The molecule has 2 aromatic carbocycles. The number of hydrogen-bond donors (Lipinski definition) is 1. The molecule has 25 heavy (non-hydrogen) atoms. The number of hydrogen-bond acceptors (Lipinski definition) is 1. The van der Waals surface area contributed by atoms with E-state index in [1.807, 2.05) is 4.90 Å². The van der Waals surface area contributed by atoms with Gasteiger partial charge < -0.3 is 9.88 Å². The van der Waals surface area contributed by atoms with Gasteiger partial charge in [-0.1, -0.05) is 17.7 Å². The monoisotopic (exact) mass is 336 g/mol. The number of nitrogens with one attached hydrogen (secondary N) is 1. The minimum atomic E-state index is -0.367. The quantitative estimate of drug-likeness (QED) is 0.727. The molecule has 1 aliphatic heterocycles. The van der Waals surface area contributed by atoms with Crippen molar-refractivity contribution in [3.05, 3.63) is 71.2 Å². The van der Waals surface area contributed by atoms with Gasteiger partial charge in [0.05, 0.1) is 0 Å². The second-order valence-corrected chi connectivity index (χ2v) is 6.89. The van der Waals surface area contributed by atoms with Crippen molar-refractivity contribution in [2.45, 2.75) is 25.7 Å². The molecule has 0 radical (unpaired) electrons. The number of aromatic nitrogens is 1. The standard InChI is InChI=1S/C21H21FN2O/c1-14-5-6-19-17(11-14)13-20(23-19)15-7-9-24(10-8-15)21(25)16-3-2-4-18(22)12-16/h2-6,11-13,15,23H,7-10H2,1H3. The lowest BCUT2D eigenvalue weighted by molar-refractivity contribution is 0.0711. The molecule has 1 aliphatic rings. The van der Waals surface area contributed by atoms with E-state index in [0.717, 1.165) is 12.8 Å². The number of aromatic amines is 1. The van der Waals surface area contributed by atoms with E-state index in [2.05, 4.69) is 36.2 Å². The van der Waals surface area contributed by atoms with E-state index in [1.165, 1.54) is 34.3 Å². The number of halogens is 1. The Labute approximate surface area is 146 Å². The van der Waals surface area contributed by atoms with Crippen molar-refractivity contribution in [1.29, 1.82) is 0 Å². The van der Waals surface area contributed by atoms with Crippen LogP contribution in [0.25, 0.3) is 10.9 Å². The molecule has 3 aromatic rings. The van der Waals surface area contributed by atoms with Crippen LogP contribution in [0.4, 0.5) is 4.39 Å². The number of amides is 1. The summed E-state index contributed by atoms with van der Waals surface area (Å²) < 4.78 is 13.3. The minimum Gasteiger partial charge on any atom is -0.358 e. The van der Waals surface area contributed by atoms with E-state index < -0.39 is 0 Å². The lowest BCUT2D eigenvalue weighted by atomic mass is 9.93. The van der Waals surface area contributed by atoms with Gasteiger partial charge in [0, 0.05) is 35.8 Å². The second kappa shape index (κ2) is 6.36. The van der Waals surface area contributed by atoms with Crippen molar-refractivity contribution in [3.63, 3.8) is 0 Å². The van der Waals surface area contributed by atoms with Gasteiger partial charge >= 0.3 is 0 Å². The Hall–Kier alpha value is -2.62. The highest BCUT2D eigenvalue weighted by Crippen LogP contribution is 2.30. The Balaban J connectivity index is 1.46. The summed E-state index contributed by atoms with van der Waals surface area (Å²) in [6, 6.07) is 14.6. The maximum Gasteiger partial charge on any atom is 0.253 e. The summed E-state index contributed by atoms with van der Waals surface area (Å²) in [5, 5.41) is 1.24. The van der Waals surface area contributed by atoms with Crippen LogP contribution in [0, 0.1) is 12.7 Å². The molecule has 0 bridgehead atoms. The molecule has 0 saturated carbocycles. The predicted molar refractivity (Wildman–Crippen MR) is 97.3 cm³/mol. The third-order valence-corrected chi connectivity index (χ3v) is 5.09. The van der Waals surface area contributed by atoms with Crippen LogP contribution in [0.3, 0.4) is 0 Å². The first-order valence-corrected chi connectivity index (χ1v) is 8.74. The first-order chi connectivity index (χ1) is 12.1. The molecule has 1 fully saturated rings. The minimum absolute atomic E-state index is 0.0785. The number of rotatable bonds is 2. The summed E-state index contributed by atoms with van der Waals surface area (Å²) in [6.07, 6.45) is 1.85.